The van der Waals surface area contributed by atoms with Gasteiger partial charge in [-0.1, -0.05) is 12.1 Å². The highest BCUT2D eigenvalue weighted by molar-refractivity contribution is 5.93. The summed E-state index contributed by atoms with van der Waals surface area (Å²) in [6.45, 7) is 2.00. The highest BCUT2D eigenvalue weighted by atomic mass is 16.3. The number of hydrogen-bond acceptors (Lipinski definition) is 6. The number of fused-ring (bicyclic) bond motifs is 1. The molecule has 0 spiro atoms. The van der Waals surface area contributed by atoms with Crippen LogP contribution < -0.4 is 15.6 Å². The SMILES string of the molecule is Cc1cc(N(C)C)nc(CNC(=O)c2cc(=O)c3ccccc3o2)n1. The second-order valence-corrected chi connectivity index (χ2v) is 5.83. The first-order chi connectivity index (χ1) is 11.9. The summed E-state index contributed by atoms with van der Waals surface area (Å²) < 4.78 is 5.52. The van der Waals surface area contributed by atoms with Gasteiger partial charge < -0.3 is 14.6 Å². The zero-order chi connectivity index (χ0) is 18.0. The smallest absolute Gasteiger partial charge is 0.287 e. The van der Waals surface area contributed by atoms with Crippen molar-refractivity contribution < 1.29 is 9.21 Å². The number of para-hydroxylation sites is 1. The quantitative estimate of drug-likeness (QED) is 0.781. The van der Waals surface area contributed by atoms with Gasteiger partial charge >= 0.3 is 0 Å². The molecular weight excluding hydrogens is 320 g/mol. The monoisotopic (exact) mass is 338 g/mol. The number of amides is 1. The molecule has 0 saturated heterocycles. The summed E-state index contributed by atoms with van der Waals surface area (Å²) >= 11 is 0. The van der Waals surface area contributed by atoms with Crippen LogP contribution in [-0.2, 0) is 6.54 Å². The molecule has 0 fully saturated rings. The highest BCUT2D eigenvalue weighted by Crippen LogP contribution is 2.12. The molecule has 2 aromatic heterocycles. The Morgan fingerprint density at radius 1 is 1.20 bits per heavy atom. The van der Waals surface area contributed by atoms with Crippen molar-refractivity contribution in [3.05, 3.63) is 63.9 Å². The largest absolute Gasteiger partial charge is 0.451 e. The van der Waals surface area contributed by atoms with Crippen molar-refractivity contribution >= 4 is 22.7 Å². The molecule has 128 valence electrons. The molecule has 0 aliphatic rings. The topological polar surface area (TPSA) is 88.3 Å². The van der Waals surface area contributed by atoms with Gasteiger partial charge in [-0.05, 0) is 19.1 Å². The summed E-state index contributed by atoms with van der Waals surface area (Å²) in [6, 6.07) is 9.85. The average Bonchev–Trinajstić information content (AvgIpc) is 2.59. The lowest BCUT2D eigenvalue weighted by Crippen LogP contribution is -2.25. The third kappa shape index (κ3) is 3.65. The molecule has 7 heteroatoms. The van der Waals surface area contributed by atoms with Gasteiger partial charge in [0.25, 0.3) is 5.91 Å². The van der Waals surface area contributed by atoms with Crippen molar-refractivity contribution in [3.8, 4) is 0 Å². The number of carbonyl (C=O) groups excluding carboxylic acids is 1. The summed E-state index contributed by atoms with van der Waals surface area (Å²) in [7, 11) is 3.77. The van der Waals surface area contributed by atoms with Crippen LogP contribution in [0.4, 0.5) is 5.82 Å². The van der Waals surface area contributed by atoms with E-state index < -0.39 is 5.91 Å². The van der Waals surface area contributed by atoms with E-state index in [0.717, 1.165) is 11.5 Å². The number of rotatable bonds is 4. The first kappa shape index (κ1) is 16.6. The molecule has 3 aromatic rings. The zero-order valence-corrected chi connectivity index (χ0v) is 14.2. The number of anilines is 1. The lowest BCUT2D eigenvalue weighted by atomic mass is 10.2. The molecule has 1 amide bonds. The fourth-order valence-corrected chi connectivity index (χ4v) is 2.38. The van der Waals surface area contributed by atoms with Gasteiger partial charge in [0.15, 0.2) is 11.2 Å². The van der Waals surface area contributed by atoms with Gasteiger partial charge in [0.2, 0.25) is 0 Å². The Balaban J connectivity index is 1.80. The van der Waals surface area contributed by atoms with E-state index in [1.54, 1.807) is 24.3 Å². The van der Waals surface area contributed by atoms with E-state index in [4.69, 9.17) is 4.42 Å². The van der Waals surface area contributed by atoms with E-state index in [-0.39, 0.29) is 17.7 Å². The zero-order valence-electron chi connectivity index (χ0n) is 14.2. The standard InChI is InChI=1S/C18H18N4O3/c1-11-8-17(22(2)3)21-16(20-11)10-19-18(24)15-9-13(23)12-6-4-5-7-14(12)25-15/h4-9H,10H2,1-3H3,(H,19,24). The Bertz CT molecular complexity index is 995. The predicted octanol–water partition coefficient (Wildman–Crippen LogP) is 1.89. The fraction of sp³-hybridized carbons (Fsp3) is 0.222. The molecule has 0 radical (unpaired) electrons. The number of carbonyl (C=O) groups is 1. The van der Waals surface area contributed by atoms with Gasteiger partial charge in [-0.25, -0.2) is 9.97 Å². The summed E-state index contributed by atoms with van der Waals surface area (Å²) in [5.41, 5.74) is 0.927. The van der Waals surface area contributed by atoms with Crippen LogP contribution >= 0.6 is 0 Å². The fourth-order valence-electron chi connectivity index (χ4n) is 2.38. The van der Waals surface area contributed by atoms with Crippen LogP contribution in [0.5, 0.6) is 0 Å². The van der Waals surface area contributed by atoms with Crippen molar-refractivity contribution in [1.82, 2.24) is 15.3 Å². The van der Waals surface area contributed by atoms with E-state index >= 15 is 0 Å². The van der Waals surface area contributed by atoms with Gasteiger partial charge in [-0.3, -0.25) is 9.59 Å². The number of nitrogens with one attached hydrogen (secondary N) is 1. The van der Waals surface area contributed by atoms with Crippen LogP contribution in [0.15, 0.2) is 45.6 Å². The average molecular weight is 338 g/mol. The molecule has 0 unspecified atom stereocenters. The molecule has 1 aromatic carbocycles. The lowest BCUT2D eigenvalue weighted by molar-refractivity contribution is 0.0922. The Labute approximate surface area is 144 Å². The first-order valence-corrected chi connectivity index (χ1v) is 7.77. The molecule has 0 aliphatic carbocycles. The molecule has 7 nitrogen and oxygen atoms in total. The second kappa shape index (κ2) is 6.72. The van der Waals surface area contributed by atoms with Crippen LogP contribution in [0.2, 0.25) is 0 Å². The maximum atomic E-state index is 12.3. The predicted molar refractivity (Wildman–Crippen MR) is 94.8 cm³/mol. The Kier molecular flexibility index (Phi) is 4.47. The Hall–Kier alpha value is -3.22. The molecule has 0 saturated carbocycles. The molecule has 25 heavy (non-hydrogen) atoms. The molecular formula is C18H18N4O3. The summed E-state index contributed by atoms with van der Waals surface area (Å²) in [4.78, 5) is 34.9. The molecule has 0 bridgehead atoms. The van der Waals surface area contributed by atoms with Gasteiger partial charge in [0, 0.05) is 31.9 Å². The number of aromatic nitrogens is 2. The van der Waals surface area contributed by atoms with Crippen molar-refractivity contribution in [2.45, 2.75) is 13.5 Å². The third-order valence-corrected chi connectivity index (χ3v) is 3.61. The third-order valence-electron chi connectivity index (χ3n) is 3.61. The number of hydrogen-bond donors (Lipinski definition) is 1. The van der Waals surface area contributed by atoms with Gasteiger partial charge in [0.1, 0.15) is 17.2 Å². The molecule has 3 rings (SSSR count). The highest BCUT2D eigenvalue weighted by Gasteiger charge is 2.13. The number of aryl methyl sites for hydroxylation is 1. The Morgan fingerprint density at radius 3 is 2.72 bits per heavy atom. The van der Waals surface area contributed by atoms with Gasteiger partial charge in [-0.2, -0.15) is 0 Å². The second-order valence-electron chi connectivity index (χ2n) is 5.83. The summed E-state index contributed by atoms with van der Waals surface area (Å²) in [5.74, 6) is 0.720. The minimum atomic E-state index is -0.487. The van der Waals surface area contributed by atoms with Crippen LogP contribution in [0, 0.1) is 6.92 Å². The number of nitrogens with zero attached hydrogens (tertiary/aromatic N) is 3. The van der Waals surface area contributed by atoms with Gasteiger partial charge in [-0.15, -0.1) is 0 Å². The van der Waals surface area contributed by atoms with E-state index in [2.05, 4.69) is 15.3 Å². The van der Waals surface area contributed by atoms with Crippen LogP contribution in [0.3, 0.4) is 0 Å². The normalized spacial score (nSPS) is 10.7. The van der Waals surface area contributed by atoms with Gasteiger partial charge in [0.05, 0.1) is 11.9 Å². The van der Waals surface area contributed by atoms with E-state index in [1.807, 2.05) is 32.0 Å². The minimum Gasteiger partial charge on any atom is -0.451 e. The van der Waals surface area contributed by atoms with Crippen LogP contribution in [0.25, 0.3) is 11.0 Å². The van der Waals surface area contributed by atoms with E-state index in [0.29, 0.717) is 16.8 Å². The molecule has 0 aliphatic heterocycles. The summed E-state index contributed by atoms with van der Waals surface area (Å²) in [6.07, 6.45) is 0. The lowest BCUT2D eigenvalue weighted by Gasteiger charge is -2.13. The van der Waals surface area contributed by atoms with Crippen molar-refractivity contribution in [2.24, 2.45) is 0 Å². The van der Waals surface area contributed by atoms with E-state index in [1.165, 1.54) is 6.07 Å². The van der Waals surface area contributed by atoms with Crippen LogP contribution in [-0.4, -0.2) is 30.0 Å². The maximum absolute atomic E-state index is 12.3. The summed E-state index contributed by atoms with van der Waals surface area (Å²) in [5, 5.41) is 3.13. The Morgan fingerprint density at radius 2 is 1.96 bits per heavy atom. The number of benzene rings is 1. The van der Waals surface area contributed by atoms with Crippen molar-refractivity contribution in [2.75, 3.05) is 19.0 Å². The van der Waals surface area contributed by atoms with Crippen molar-refractivity contribution in [3.63, 3.8) is 0 Å². The van der Waals surface area contributed by atoms with Crippen LogP contribution in [0.1, 0.15) is 22.1 Å². The van der Waals surface area contributed by atoms with E-state index in [9.17, 15) is 9.59 Å². The molecule has 1 N–H and O–H groups in total. The molecule has 0 atom stereocenters. The molecule has 2 heterocycles. The minimum absolute atomic E-state index is 0.0378. The maximum Gasteiger partial charge on any atom is 0.287 e. The first-order valence-electron chi connectivity index (χ1n) is 7.77. The van der Waals surface area contributed by atoms with Crippen molar-refractivity contribution in [1.29, 1.82) is 0 Å².